The Hall–Kier alpha value is -1.44. The van der Waals surface area contributed by atoms with Gasteiger partial charge in [-0.25, -0.2) is 4.98 Å². The number of thiophene rings is 1. The molecule has 0 spiro atoms. The second kappa shape index (κ2) is 6.98. The lowest BCUT2D eigenvalue weighted by Gasteiger charge is -2.15. The van der Waals surface area contributed by atoms with E-state index in [1.807, 2.05) is 17.5 Å². The number of anilines is 1. The van der Waals surface area contributed by atoms with Gasteiger partial charge < -0.3 is 4.90 Å². The number of rotatable bonds is 5. The van der Waals surface area contributed by atoms with Crippen molar-refractivity contribution < 1.29 is 9.59 Å². The summed E-state index contributed by atoms with van der Waals surface area (Å²) in [5, 5.41) is 2.55. The van der Waals surface area contributed by atoms with Crippen molar-refractivity contribution in [2.75, 3.05) is 18.5 Å². The molecule has 0 radical (unpaired) electrons. The monoisotopic (exact) mass is 369 g/mol. The van der Waals surface area contributed by atoms with Crippen molar-refractivity contribution in [3.05, 3.63) is 32.4 Å². The van der Waals surface area contributed by atoms with Crippen LogP contribution in [0.2, 0.25) is 4.34 Å². The maximum Gasteiger partial charge on any atom is 0.228 e. The lowest BCUT2D eigenvalue weighted by molar-refractivity contribution is -0.129. The molecule has 122 valence electrons. The number of carbonyl (C=O) groups excluding carboxylic acids is 2. The molecule has 0 aliphatic carbocycles. The van der Waals surface area contributed by atoms with Gasteiger partial charge in [0, 0.05) is 30.3 Å². The zero-order chi connectivity index (χ0) is 16.4. The van der Waals surface area contributed by atoms with E-state index in [0.29, 0.717) is 23.8 Å². The van der Waals surface area contributed by atoms with E-state index in [1.165, 1.54) is 22.7 Å². The summed E-state index contributed by atoms with van der Waals surface area (Å²) in [6.45, 7) is 1.26. The third kappa shape index (κ3) is 3.91. The molecule has 0 atom stereocenters. The van der Waals surface area contributed by atoms with E-state index in [9.17, 15) is 9.59 Å². The van der Waals surface area contributed by atoms with Crippen LogP contribution in [0.1, 0.15) is 23.4 Å². The summed E-state index contributed by atoms with van der Waals surface area (Å²) >= 11 is 8.80. The SMILES string of the molecule is CN(Cc1ccc(Cl)s1)C(=O)Cc1csc(N2CCCC2=O)n1. The molecule has 0 unspecified atom stereocenters. The Morgan fingerprint density at radius 3 is 2.96 bits per heavy atom. The summed E-state index contributed by atoms with van der Waals surface area (Å²) in [4.78, 5) is 32.9. The highest BCUT2D eigenvalue weighted by Gasteiger charge is 2.24. The van der Waals surface area contributed by atoms with Gasteiger partial charge in [-0.15, -0.1) is 22.7 Å². The third-order valence-corrected chi connectivity index (χ3v) is 5.75. The molecule has 1 fully saturated rings. The molecule has 3 rings (SSSR count). The Kier molecular flexibility index (Phi) is 4.99. The van der Waals surface area contributed by atoms with Crippen LogP contribution >= 0.6 is 34.3 Å². The highest BCUT2D eigenvalue weighted by molar-refractivity contribution is 7.16. The van der Waals surface area contributed by atoms with Gasteiger partial charge in [0.1, 0.15) is 0 Å². The molecule has 1 aliphatic rings. The zero-order valence-corrected chi connectivity index (χ0v) is 15.0. The van der Waals surface area contributed by atoms with E-state index in [0.717, 1.165) is 22.2 Å². The first-order chi connectivity index (χ1) is 11.0. The van der Waals surface area contributed by atoms with Crippen LogP contribution in [-0.2, 0) is 22.6 Å². The number of hydrogen-bond acceptors (Lipinski definition) is 5. The van der Waals surface area contributed by atoms with Gasteiger partial charge in [0.25, 0.3) is 0 Å². The second-order valence-corrected chi connectivity index (χ2v) is 8.04. The Morgan fingerprint density at radius 2 is 2.30 bits per heavy atom. The van der Waals surface area contributed by atoms with E-state index in [1.54, 1.807) is 16.8 Å². The topological polar surface area (TPSA) is 53.5 Å². The Labute approximate surface area is 147 Å². The molecule has 0 saturated carbocycles. The van der Waals surface area contributed by atoms with Crippen LogP contribution in [0, 0.1) is 0 Å². The van der Waals surface area contributed by atoms with Crippen LogP contribution in [0.15, 0.2) is 17.5 Å². The molecule has 1 saturated heterocycles. The van der Waals surface area contributed by atoms with Crippen LogP contribution in [-0.4, -0.2) is 35.3 Å². The normalized spacial score (nSPS) is 14.5. The fraction of sp³-hybridized carbons (Fsp3) is 0.400. The van der Waals surface area contributed by atoms with Gasteiger partial charge in [-0.3, -0.25) is 14.5 Å². The van der Waals surface area contributed by atoms with Gasteiger partial charge in [0.05, 0.1) is 23.0 Å². The number of aromatic nitrogens is 1. The summed E-state index contributed by atoms with van der Waals surface area (Å²) < 4.78 is 0.722. The average Bonchev–Trinajstić information content (AvgIpc) is 3.21. The van der Waals surface area contributed by atoms with Gasteiger partial charge in [-0.1, -0.05) is 11.6 Å². The Bertz CT molecular complexity index is 728. The molecular formula is C15H16ClN3O2S2. The number of nitrogens with zero attached hydrogens (tertiary/aromatic N) is 3. The molecule has 2 aromatic heterocycles. The fourth-order valence-corrected chi connectivity index (χ4v) is 4.41. The number of carbonyl (C=O) groups is 2. The molecule has 8 heteroatoms. The summed E-state index contributed by atoms with van der Waals surface area (Å²) in [5.41, 5.74) is 0.714. The molecule has 1 aliphatic heterocycles. The van der Waals surface area contributed by atoms with Crippen molar-refractivity contribution >= 4 is 51.2 Å². The summed E-state index contributed by atoms with van der Waals surface area (Å²) in [7, 11) is 1.77. The first kappa shape index (κ1) is 16.4. The minimum atomic E-state index is -0.000814. The first-order valence-electron chi connectivity index (χ1n) is 7.26. The number of thiazole rings is 1. The van der Waals surface area contributed by atoms with E-state index in [2.05, 4.69) is 4.98 Å². The minimum absolute atomic E-state index is 0.000814. The third-order valence-electron chi connectivity index (χ3n) is 3.62. The lowest BCUT2D eigenvalue weighted by atomic mass is 10.3. The molecule has 0 N–H and O–H groups in total. The number of amides is 2. The van der Waals surface area contributed by atoms with Crippen molar-refractivity contribution in [3.8, 4) is 0 Å². The molecular weight excluding hydrogens is 354 g/mol. The van der Waals surface area contributed by atoms with Crippen molar-refractivity contribution in [2.24, 2.45) is 0 Å². The maximum atomic E-state index is 12.3. The van der Waals surface area contributed by atoms with Crippen molar-refractivity contribution in [2.45, 2.75) is 25.8 Å². The van der Waals surface area contributed by atoms with Crippen molar-refractivity contribution in [1.29, 1.82) is 0 Å². The average molecular weight is 370 g/mol. The van der Waals surface area contributed by atoms with Crippen molar-refractivity contribution in [1.82, 2.24) is 9.88 Å². The molecule has 2 amide bonds. The first-order valence-corrected chi connectivity index (χ1v) is 9.33. The van der Waals surface area contributed by atoms with Crippen molar-refractivity contribution in [3.63, 3.8) is 0 Å². The Morgan fingerprint density at radius 1 is 1.48 bits per heavy atom. The Balaban J connectivity index is 1.59. The molecule has 3 heterocycles. The molecule has 2 aromatic rings. The summed E-state index contributed by atoms with van der Waals surface area (Å²) in [6.07, 6.45) is 1.70. The predicted octanol–water partition coefficient (Wildman–Crippen LogP) is 3.19. The largest absolute Gasteiger partial charge is 0.340 e. The molecule has 0 aromatic carbocycles. The maximum absolute atomic E-state index is 12.3. The molecule has 5 nitrogen and oxygen atoms in total. The van der Waals surface area contributed by atoms with Crippen LogP contribution < -0.4 is 4.90 Å². The van der Waals surface area contributed by atoms with Crippen LogP contribution in [0.3, 0.4) is 0 Å². The number of hydrogen-bond donors (Lipinski definition) is 0. The minimum Gasteiger partial charge on any atom is -0.340 e. The summed E-state index contributed by atoms with van der Waals surface area (Å²) in [5.74, 6) is 0.114. The highest BCUT2D eigenvalue weighted by Crippen LogP contribution is 2.26. The van der Waals surface area contributed by atoms with Gasteiger partial charge in [0.15, 0.2) is 5.13 Å². The van der Waals surface area contributed by atoms with Crippen LogP contribution in [0.5, 0.6) is 0 Å². The van der Waals surface area contributed by atoms with Gasteiger partial charge in [-0.05, 0) is 18.6 Å². The van der Waals surface area contributed by atoms with E-state index in [-0.39, 0.29) is 18.2 Å². The highest BCUT2D eigenvalue weighted by atomic mass is 35.5. The summed E-state index contributed by atoms with van der Waals surface area (Å²) in [6, 6.07) is 3.76. The van der Waals surface area contributed by atoms with E-state index < -0.39 is 0 Å². The predicted molar refractivity (Wildman–Crippen MR) is 93.2 cm³/mol. The second-order valence-electron chi connectivity index (χ2n) is 5.40. The van der Waals surface area contributed by atoms with Gasteiger partial charge >= 0.3 is 0 Å². The van der Waals surface area contributed by atoms with Gasteiger partial charge in [0.2, 0.25) is 11.8 Å². The standard InChI is InChI=1S/C15H16ClN3O2S2/c1-18(8-11-4-5-12(16)23-11)14(21)7-10-9-22-15(17-10)19-6-2-3-13(19)20/h4-5,9H,2-3,6-8H2,1H3. The quantitative estimate of drug-likeness (QED) is 0.813. The van der Waals surface area contributed by atoms with Gasteiger partial charge in [-0.2, -0.15) is 0 Å². The van der Waals surface area contributed by atoms with Crippen LogP contribution in [0.4, 0.5) is 5.13 Å². The molecule has 0 bridgehead atoms. The van der Waals surface area contributed by atoms with Crippen LogP contribution in [0.25, 0.3) is 0 Å². The smallest absolute Gasteiger partial charge is 0.228 e. The van der Waals surface area contributed by atoms with E-state index >= 15 is 0 Å². The lowest BCUT2D eigenvalue weighted by Crippen LogP contribution is -2.27. The number of halogens is 1. The number of likely N-dealkylation sites (N-methyl/N-ethyl adjacent to an activating group) is 1. The molecule has 23 heavy (non-hydrogen) atoms. The fourth-order valence-electron chi connectivity index (χ4n) is 2.40. The van der Waals surface area contributed by atoms with E-state index in [4.69, 9.17) is 11.6 Å². The zero-order valence-electron chi connectivity index (χ0n) is 12.6.